The molecule has 1 aromatic heterocycles. The molecule has 5 heteroatoms. The third kappa shape index (κ3) is 8.09. The number of anilines is 1. The smallest absolute Gasteiger partial charge is 0.229 e. The first-order valence-corrected chi connectivity index (χ1v) is 10.8. The molecule has 0 aliphatic rings. The number of benzene rings is 1. The van der Waals surface area contributed by atoms with Crippen LogP contribution in [-0.2, 0) is 4.79 Å². The Balaban J connectivity index is 0.00000190. The minimum Gasteiger partial charge on any atom is -0.383 e. The number of carbonyl (C=O) groups excluding carboxylic acids is 1. The molecule has 2 rings (SSSR count). The van der Waals surface area contributed by atoms with Crippen molar-refractivity contribution in [3.8, 4) is 0 Å². The monoisotopic (exact) mass is 403 g/mol. The van der Waals surface area contributed by atoms with Gasteiger partial charge < -0.3 is 10.6 Å². The van der Waals surface area contributed by atoms with Crippen molar-refractivity contribution in [2.75, 3.05) is 24.2 Å². The van der Waals surface area contributed by atoms with Gasteiger partial charge in [-0.3, -0.25) is 9.78 Å². The van der Waals surface area contributed by atoms with Gasteiger partial charge in [0.2, 0.25) is 5.91 Å². The van der Waals surface area contributed by atoms with E-state index in [0.717, 1.165) is 36.0 Å². The predicted molar refractivity (Wildman–Crippen MR) is 125 cm³/mol. The molecule has 0 radical (unpaired) electrons. The van der Waals surface area contributed by atoms with Crippen LogP contribution in [0.4, 0.5) is 5.69 Å². The van der Waals surface area contributed by atoms with Gasteiger partial charge in [0.1, 0.15) is 0 Å². The van der Waals surface area contributed by atoms with Crippen molar-refractivity contribution in [3.05, 3.63) is 36.5 Å². The van der Waals surface area contributed by atoms with E-state index in [9.17, 15) is 4.79 Å². The molecule has 156 valence electrons. The molecule has 2 N–H and O–H groups in total. The third-order valence-electron chi connectivity index (χ3n) is 4.61. The molecule has 0 aliphatic carbocycles. The lowest BCUT2D eigenvalue weighted by molar-refractivity contribution is -0.118. The van der Waals surface area contributed by atoms with Crippen molar-refractivity contribution in [3.63, 3.8) is 0 Å². The Morgan fingerprint density at radius 2 is 1.75 bits per heavy atom. The first-order chi connectivity index (χ1) is 13.2. The summed E-state index contributed by atoms with van der Waals surface area (Å²) >= 11 is 3.99. The molecule has 0 atom stereocenters. The van der Waals surface area contributed by atoms with Gasteiger partial charge in [0, 0.05) is 24.7 Å². The van der Waals surface area contributed by atoms with Gasteiger partial charge in [-0.05, 0) is 35.8 Å². The second-order valence-electron chi connectivity index (χ2n) is 8.50. The average Bonchev–Trinajstić information content (AvgIpc) is 2.66. The van der Waals surface area contributed by atoms with Gasteiger partial charge in [-0.15, -0.1) is 0 Å². The number of aromatic nitrogens is 1. The highest BCUT2D eigenvalue weighted by Gasteiger charge is 2.28. The second-order valence-corrected chi connectivity index (χ2v) is 8.81. The first kappa shape index (κ1) is 24.3. The fraction of sp³-hybridized carbons (Fsp3) is 0.565. The average molecular weight is 404 g/mol. The summed E-state index contributed by atoms with van der Waals surface area (Å²) in [7, 11) is 0. The number of hydrogen-bond donors (Lipinski definition) is 3. The van der Waals surface area contributed by atoms with Crippen molar-refractivity contribution < 1.29 is 4.79 Å². The number of rotatable bonds is 9. The Hall–Kier alpha value is -1.75. The molecule has 2 aromatic rings. The number of thiol groups is 1. The van der Waals surface area contributed by atoms with Gasteiger partial charge in [0.25, 0.3) is 0 Å². The highest BCUT2D eigenvalue weighted by Crippen LogP contribution is 2.36. The standard InChI is InChI=1S/C21H31N3OS.C2H6/c1-20(2,10-12-22-18(25)13-26)14-21(3,4)15-24-17-9-5-7-16-8-6-11-23-19(16)17;1-2/h5-9,11,24,26H,10,12-15H2,1-4H3,(H,22,25);1-2H3. The largest absolute Gasteiger partial charge is 0.383 e. The van der Waals surface area contributed by atoms with Crippen LogP contribution in [-0.4, -0.2) is 29.7 Å². The van der Waals surface area contributed by atoms with E-state index in [-0.39, 0.29) is 22.5 Å². The van der Waals surface area contributed by atoms with Crippen LogP contribution in [0.15, 0.2) is 36.5 Å². The minimum absolute atomic E-state index is 0.00600. The van der Waals surface area contributed by atoms with Crippen LogP contribution in [0, 0.1) is 10.8 Å². The Morgan fingerprint density at radius 1 is 1.07 bits per heavy atom. The Labute approximate surface area is 176 Å². The summed E-state index contributed by atoms with van der Waals surface area (Å²) < 4.78 is 0. The zero-order valence-corrected chi connectivity index (χ0v) is 19.2. The summed E-state index contributed by atoms with van der Waals surface area (Å²) in [6, 6.07) is 10.3. The molecule has 0 saturated heterocycles. The lowest BCUT2D eigenvalue weighted by atomic mass is 9.73. The maximum atomic E-state index is 11.3. The summed E-state index contributed by atoms with van der Waals surface area (Å²) in [6.45, 7) is 14.7. The molecular formula is C23H37N3OS. The Morgan fingerprint density at radius 3 is 2.43 bits per heavy atom. The van der Waals surface area contributed by atoms with E-state index in [1.807, 2.05) is 26.1 Å². The summed E-state index contributed by atoms with van der Waals surface area (Å²) in [5, 5.41) is 7.65. The number of nitrogens with one attached hydrogen (secondary N) is 2. The van der Waals surface area contributed by atoms with Gasteiger partial charge in [-0.1, -0.05) is 59.7 Å². The topological polar surface area (TPSA) is 54.0 Å². The van der Waals surface area contributed by atoms with Crippen molar-refractivity contribution in [1.29, 1.82) is 0 Å². The van der Waals surface area contributed by atoms with Gasteiger partial charge >= 0.3 is 0 Å². The van der Waals surface area contributed by atoms with Gasteiger partial charge in [-0.2, -0.15) is 12.6 Å². The first-order valence-electron chi connectivity index (χ1n) is 10.2. The van der Waals surface area contributed by atoms with E-state index in [1.165, 1.54) is 0 Å². The van der Waals surface area contributed by atoms with Gasteiger partial charge in [0.15, 0.2) is 0 Å². The van der Waals surface area contributed by atoms with E-state index in [0.29, 0.717) is 6.54 Å². The maximum Gasteiger partial charge on any atom is 0.229 e. The van der Waals surface area contributed by atoms with Crippen molar-refractivity contribution in [2.24, 2.45) is 10.8 Å². The fourth-order valence-electron chi connectivity index (χ4n) is 3.62. The minimum atomic E-state index is -0.00600. The zero-order chi connectivity index (χ0) is 21.2. The van der Waals surface area contributed by atoms with Gasteiger partial charge in [0.05, 0.1) is 17.0 Å². The number of para-hydroxylation sites is 1. The molecule has 0 bridgehead atoms. The van der Waals surface area contributed by atoms with Crippen LogP contribution in [0.1, 0.15) is 54.4 Å². The van der Waals surface area contributed by atoms with Crippen molar-refractivity contribution in [1.82, 2.24) is 10.3 Å². The number of carbonyl (C=O) groups is 1. The predicted octanol–water partition coefficient (Wildman–Crippen LogP) is 5.55. The number of nitrogens with zero attached hydrogens (tertiary/aromatic N) is 1. The van der Waals surface area contributed by atoms with E-state index in [4.69, 9.17) is 0 Å². The SMILES string of the molecule is CC.CC(C)(CCNC(=O)CS)CC(C)(C)CNc1cccc2cccnc12. The van der Waals surface area contributed by atoms with Crippen molar-refractivity contribution in [2.45, 2.75) is 54.4 Å². The fourth-order valence-corrected chi connectivity index (χ4v) is 3.74. The number of hydrogen-bond acceptors (Lipinski definition) is 4. The molecule has 0 fully saturated rings. The van der Waals surface area contributed by atoms with E-state index < -0.39 is 0 Å². The van der Waals surface area contributed by atoms with E-state index in [1.54, 1.807) is 0 Å². The summed E-state index contributed by atoms with van der Waals surface area (Å²) in [5.41, 5.74) is 2.36. The molecule has 1 heterocycles. The highest BCUT2D eigenvalue weighted by atomic mass is 32.1. The lowest BCUT2D eigenvalue weighted by Gasteiger charge is -2.35. The molecule has 1 amide bonds. The summed E-state index contributed by atoms with van der Waals surface area (Å²) in [5.74, 6) is 0.239. The maximum absolute atomic E-state index is 11.3. The molecule has 0 aliphatic heterocycles. The molecule has 0 spiro atoms. The molecule has 28 heavy (non-hydrogen) atoms. The second kappa shape index (κ2) is 11.3. The lowest BCUT2D eigenvalue weighted by Crippen LogP contribution is -2.33. The Bertz CT molecular complexity index is 738. The summed E-state index contributed by atoms with van der Waals surface area (Å²) in [4.78, 5) is 15.9. The van der Waals surface area contributed by atoms with Crippen LogP contribution in [0.5, 0.6) is 0 Å². The molecule has 0 unspecified atom stereocenters. The quantitative estimate of drug-likeness (QED) is 0.481. The summed E-state index contributed by atoms with van der Waals surface area (Å²) in [6.07, 6.45) is 3.84. The molecular weight excluding hydrogens is 366 g/mol. The zero-order valence-electron chi connectivity index (χ0n) is 18.3. The Kier molecular flexibility index (Phi) is 9.80. The van der Waals surface area contributed by atoms with Crippen LogP contribution in [0.2, 0.25) is 0 Å². The van der Waals surface area contributed by atoms with E-state index >= 15 is 0 Å². The van der Waals surface area contributed by atoms with Gasteiger partial charge in [-0.25, -0.2) is 0 Å². The van der Waals surface area contributed by atoms with Crippen LogP contribution >= 0.6 is 12.6 Å². The van der Waals surface area contributed by atoms with Crippen LogP contribution < -0.4 is 10.6 Å². The van der Waals surface area contributed by atoms with Crippen LogP contribution in [0.3, 0.4) is 0 Å². The number of amides is 1. The number of fused-ring (bicyclic) bond motifs is 1. The normalized spacial score (nSPS) is 11.5. The van der Waals surface area contributed by atoms with E-state index in [2.05, 4.69) is 80.2 Å². The molecule has 4 nitrogen and oxygen atoms in total. The third-order valence-corrected chi connectivity index (χ3v) is 4.90. The van der Waals surface area contributed by atoms with Crippen LogP contribution in [0.25, 0.3) is 10.9 Å². The molecule has 0 saturated carbocycles. The number of pyridine rings is 1. The highest BCUT2D eigenvalue weighted by molar-refractivity contribution is 7.81. The molecule has 1 aromatic carbocycles. The van der Waals surface area contributed by atoms with Crippen molar-refractivity contribution >= 4 is 35.1 Å².